The van der Waals surface area contributed by atoms with E-state index in [2.05, 4.69) is 5.32 Å². The molecule has 1 aliphatic rings. The highest BCUT2D eigenvalue weighted by Crippen LogP contribution is 2.38. The molecular weight excluding hydrogens is 350 g/mol. The van der Waals surface area contributed by atoms with E-state index in [1.54, 1.807) is 17.0 Å². The second-order valence-corrected chi connectivity index (χ2v) is 6.29. The lowest BCUT2D eigenvalue weighted by molar-refractivity contribution is -0.120. The maximum Gasteiger partial charge on any atom is 0.254 e. The standard InChI is InChI=1S/C19H25N3O5/c1-25-15-10-14(11-16(26-2)18(15)27-3)19(24)22-8-5-13(6-9-22)12-21-17(23)4-7-20/h10-11,13H,4-6,8-9,12H2,1-3H3,(H,21,23). The monoisotopic (exact) mass is 375 g/mol. The molecule has 0 bridgehead atoms. The van der Waals surface area contributed by atoms with Crippen molar-refractivity contribution in [3.8, 4) is 23.3 Å². The number of amides is 2. The molecule has 0 atom stereocenters. The number of nitriles is 1. The number of rotatable bonds is 7. The van der Waals surface area contributed by atoms with Gasteiger partial charge >= 0.3 is 0 Å². The van der Waals surface area contributed by atoms with E-state index in [9.17, 15) is 9.59 Å². The van der Waals surface area contributed by atoms with Gasteiger partial charge in [0, 0.05) is 25.2 Å². The number of nitrogens with zero attached hydrogens (tertiary/aromatic N) is 2. The Morgan fingerprint density at radius 3 is 2.22 bits per heavy atom. The third kappa shape index (κ3) is 5.03. The second-order valence-electron chi connectivity index (χ2n) is 6.29. The van der Waals surface area contributed by atoms with E-state index in [4.69, 9.17) is 19.5 Å². The average molecular weight is 375 g/mol. The van der Waals surface area contributed by atoms with Crippen LogP contribution in [-0.2, 0) is 4.79 Å². The Morgan fingerprint density at radius 2 is 1.74 bits per heavy atom. The van der Waals surface area contributed by atoms with E-state index >= 15 is 0 Å². The molecule has 0 unspecified atom stereocenters. The van der Waals surface area contributed by atoms with E-state index in [-0.39, 0.29) is 18.2 Å². The molecular formula is C19H25N3O5. The van der Waals surface area contributed by atoms with Crippen LogP contribution in [-0.4, -0.2) is 57.7 Å². The molecule has 2 amide bonds. The highest BCUT2D eigenvalue weighted by atomic mass is 16.5. The summed E-state index contributed by atoms with van der Waals surface area (Å²) in [5.74, 6) is 1.28. The number of hydrogen-bond donors (Lipinski definition) is 1. The van der Waals surface area contributed by atoms with Crippen LogP contribution < -0.4 is 19.5 Å². The minimum atomic E-state index is -0.256. The first kappa shape index (κ1) is 20.4. The first-order valence-electron chi connectivity index (χ1n) is 8.77. The van der Waals surface area contributed by atoms with Gasteiger partial charge in [-0.15, -0.1) is 0 Å². The Hall–Kier alpha value is -2.95. The first-order valence-corrected chi connectivity index (χ1v) is 8.77. The van der Waals surface area contributed by atoms with Crippen molar-refractivity contribution in [2.45, 2.75) is 19.3 Å². The smallest absolute Gasteiger partial charge is 0.254 e. The van der Waals surface area contributed by atoms with E-state index < -0.39 is 0 Å². The summed E-state index contributed by atoms with van der Waals surface area (Å²) in [7, 11) is 4.54. The Morgan fingerprint density at radius 1 is 1.15 bits per heavy atom. The van der Waals surface area contributed by atoms with Crippen LogP contribution in [0.5, 0.6) is 17.2 Å². The van der Waals surface area contributed by atoms with Crippen molar-refractivity contribution in [1.29, 1.82) is 5.26 Å². The third-order valence-electron chi connectivity index (χ3n) is 4.64. The zero-order valence-corrected chi connectivity index (χ0v) is 15.9. The van der Waals surface area contributed by atoms with Crippen LogP contribution >= 0.6 is 0 Å². The van der Waals surface area contributed by atoms with Gasteiger partial charge in [-0.05, 0) is 30.9 Å². The molecule has 1 heterocycles. The molecule has 0 spiro atoms. The van der Waals surface area contributed by atoms with Crippen molar-refractivity contribution in [2.24, 2.45) is 5.92 Å². The topological polar surface area (TPSA) is 101 Å². The lowest BCUT2D eigenvalue weighted by atomic mass is 9.96. The predicted molar refractivity (Wildman–Crippen MR) is 98.0 cm³/mol. The molecule has 1 fully saturated rings. The summed E-state index contributed by atoms with van der Waals surface area (Å²) in [5, 5.41) is 11.3. The largest absolute Gasteiger partial charge is 0.493 e. The maximum absolute atomic E-state index is 12.9. The van der Waals surface area contributed by atoms with Gasteiger partial charge in [0.15, 0.2) is 11.5 Å². The number of carbonyl (C=O) groups is 2. The fourth-order valence-electron chi connectivity index (χ4n) is 3.12. The predicted octanol–water partition coefficient (Wildman–Crippen LogP) is 1.59. The van der Waals surface area contributed by atoms with Crippen molar-refractivity contribution >= 4 is 11.8 Å². The SMILES string of the molecule is COc1cc(C(=O)N2CCC(CNC(=O)CC#N)CC2)cc(OC)c1OC. The normalized spacial score (nSPS) is 14.2. The third-order valence-corrected chi connectivity index (χ3v) is 4.64. The molecule has 8 heteroatoms. The van der Waals surface area contributed by atoms with Crippen LogP contribution in [0.25, 0.3) is 0 Å². The molecule has 1 saturated heterocycles. The van der Waals surface area contributed by atoms with E-state index in [0.29, 0.717) is 48.4 Å². The Kier molecular flexibility index (Phi) is 7.29. The van der Waals surface area contributed by atoms with E-state index in [0.717, 1.165) is 12.8 Å². The zero-order chi connectivity index (χ0) is 19.8. The molecule has 146 valence electrons. The van der Waals surface area contributed by atoms with E-state index in [1.165, 1.54) is 21.3 Å². The van der Waals surface area contributed by atoms with Crippen LogP contribution in [0.15, 0.2) is 12.1 Å². The number of carbonyl (C=O) groups excluding carboxylic acids is 2. The Bertz CT molecular complexity index is 696. The quantitative estimate of drug-likeness (QED) is 0.777. The molecule has 1 aromatic rings. The Labute approximate surface area is 159 Å². The fourth-order valence-corrected chi connectivity index (χ4v) is 3.12. The summed E-state index contributed by atoms with van der Waals surface area (Å²) < 4.78 is 15.9. The highest BCUT2D eigenvalue weighted by molar-refractivity contribution is 5.95. The van der Waals surface area contributed by atoms with Gasteiger partial charge in [-0.3, -0.25) is 9.59 Å². The van der Waals surface area contributed by atoms with Gasteiger partial charge in [0.05, 0.1) is 27.4 Å². The number of nitrogens with one attached hydrogen (secondary N) is 1. The minimum Gasteiger partial charge on any atom is -0.493 e. The molecule has 0 radical (unpaired) electrons. The van der Waals surface area contributed by atoms with Gasteiger partial charge in [-0.25, -0.2) is 0 Å². The van der Waals surface area contributed by atoms with Gasteiger partial charge in [-0.2, -0.15) is 5.26 Å². The van der Waals surface area contributed by atoms with Crippen LogP contribution in [0.4, 0.5) is 0 Å². The summed E-state index contributed by atoms with van der Waals surface area (Å²) in [4.78, 5) is 26.0. The average Bonchev–Trinajstić information content (AvgIpc) is 2.71. The summed E-state index contributed by atoms with van der Waals surface area (Å²) in [5.41, 5.74) is 0.477. The van der Waals surface area contributed by atoms with Gasteiger partial charge in [0.2, 0.25) is 11.7 Å². The number of ether oxygens (including phenoxy) is 3. The van der Waals surface area contributed by atoms with Crippen molar-refractivity contribution in [3.63, 3.8) is 0 Å². The van der Waals surface area contributed by atoms with Gasteiger partial charge < -0.3 is 24.4 Å². The van der Waals surface area contributed by atoms with Crippen molar-refractivity contribution in [3.05, 3.63) is 17.7 Å². The molecule has 0 saturated carbocycles. The maximum atomic E-state index is 12.9. The molecule has 1 N–H and O–H groups in total. The van der Waals surface area contributed by atoms with Crippen LogP contribution in [0.2, 0.25) is 0 Å². The lowest BCUT2D eigenvalue weighted by Crippen LogP contribution is -2.41. The van der Waals surface area contributed by atoms with E-state index in [1.807, 2.05) is 6.07 Å². The number of methoxy groups -OCH3 is 3. The van der Waals surface area contributed by atoms with Gasteiger partial charge in [0.1, 0.15) is 6.42 Å². The molecule has 27 heavy (non-hydrogen) atoms. The zero-order valence-electron chi connectivity index (χ0n) is 15.9. The molecule has 0 aromatic heterocycles. The summed E-state index contributed by atoms with van der Waals surface area (Å²) in [6.45, 7) is 1.75. The highest BCUT2D eigenvalue weighted by Gasteiger charge is 2.26. The minimum absolute atomic E-state index is 0.0961. The molecule has 0 aliphatic carbocycles. The van der Waals surface area contributed by atoms with Crippen LogP contribution in [0.3, 0.4) is 0 Å². The molecule has 2 rings (SSSR count). The van der Waals surface area contributed by atoms with Crippen molar-refractivity contribution in [2.75, 3.05) is 41.0 Å². The summed E-state index contributed by atoms with van der Waals surface area (Å²) >= 11 is 0. The number of hydrogen-bond acceptors (Lipinski definition) is 6. The number of piperidine rings is 1. The van der Waals surface area contributed by atoms with Crippen LogP contribution in [0.1, 0.15) is 29.6 Å². The summed E-state index contributed by atoms with van der Waals surface area (Å²) in [6.07, 6.45) is 1.46. The van der Waals surface area contributed by atoms with Crippen LogP contribution in [0, 0.1) is 17.2 Å². The van der Waals surface area contributed by atoms with Crippen molar-refractivity contribution < 1.29 is 23.8 Å². The first-order chi connectivity index (χ1) is 13.0. The lowest BCUT2D eigenvalue weighted by Gasteiger charge is -2.32. The van der Waals surface area contributed by atoms with Gasteiger partial charge in [-0.1, -0.05) is 0 Å². The Balaban J connectivity index is 1.99. The number of benzene rings is 1. The number of likely N-dealkylation sites (tertiary alicyclic amines) is 1. The molecule has 1 aliphatic heterocycles. The van der Waals surface area contributed by atoms with Crippen molar-refractivity contribution in [1.82, 2.24) is 10.2 Å². The second kappa shape index (κ2) is 9.67. The summed E-state index contributed by atoms with van der Waals surface area (Å²) in [6, 6.07) is 5.13. The van der Waals surface area contributed by atoms with Gasteiger partial charge in [0.25, 0.3) is 5.91 Å². The fraction of sp³-hybridized carbons (Fsp3) is 0.526. The molecule has 1 aromatic carbocycles. The molecule has 8 nitrogen and oxygen atoms in total.